The number of rotatable bonds is 4. The second-order valence-electron chi connectivity index (χ2n) is 11.4. The molecule has 5 nitrogen and oxygen atoms in total. The van der Waals surface area contributed by atoms with Gasteiger partial charge in [0, 0.05) is 38.7 Å². The van der Waals surface area contributed by atoms with Crippen molar-refractivity contribution in [2.75, 3.05) is 0 Å². The first-order chi connectivity index (χ1) is 21.0. The quantitative estimate of drug-likeness (QED) is 0.202. The van der Waals surface area contributed by atoms with E-state index in [-0.39, 0.29) is 5.92 Å². The molecule has 0 aliphatic rings. The summed E-state index contributed by atoms with van der Waals surface area (Å²) in [6.07, 6.45) is 0. The van der Waals surface area contributed by atoms with Crippen molar-refractivity contribution in [1.29, 1.82) is 0 Å². The van der Waals surface area contributed by atoms with Crippen LogP contribution in [0.5, 0.6) is 0 Å². The molecule has 8 aromatic rings. The fraction of sp³-hybridized carbons (Fsp3) is 0.105. The molecule has 0 amide bonds. The predicted octanol–water partition coefficient (Wildman–Crippen LogP) is 9.91. The number of aryl methyl sites for hydroxylation is 1. The molecule has 43 heavy (non-hydrogen) atoms. The fourth-order valence-corrected chi connectivity index (χ4v) is 5.83. The molecule has 0 saturated heterocycles. The van der Waals surface area contributed by atoms with Crippen molar-refractivity contribution in [2.45, 2.75) is 26.7 Å². The zero-order chi connectivity index (χ0) is 29.1. The maximum atomic E-state index is 6.28. The number of pyridine rings is 2. The summed E-state index contributed by atoms with van der Waals surface area (Å²) in [6.45, 7) is 6.39. The van der Waals surface area contributed by atoms with E-state index in [1.54, 1.807) is 0 Å². The van der Waals surface area contributed by atoms with E-state index in [1.807, 2.05) is 43.3 Å². The van der Waals surface area contributed by atoms with Gasteiger partial charge in [-0.2, -0.15) is 0 Å². The number of furan rings is 1. The molecule has 0 unspecified atom stereocenters. The number of benzene rings is 4. The Bertz CT molecular complexity index is 2320. The summed E-state index contributed by atoms with van der Waals surface area (Å²) < 4.78 is 6.28. The van der Waals surface area contributed by atoms with E-state index in [0.717, 1.165) is 77.6 Å². The summed E-state index contributed by atoms with van der Waals surface area (Å²) in [6, 6.07) is 37.4. The Hall–Kier alpha value is -5.42. The molecule has 0 fully saturated rings. The van der Waals surface area contributed by atoms with Gasteiger partial charge in [-0.1, -0.05) is 98.8 Å². The summed E-state index contributed by atoms with van der Waals surface area (Å²) in [4.78, 5) is 20.0. The molecule has 0 atom stereocenters. The molecule has 0 saturated carbocycles. The monoisotopic (exact) mass is 556 g/mol. The summed E-state index contributed by atoms with van der Waals surface area (Å²) in [5.41, 5.74) is 11.2. The Morgan fingerprint density at radius 2 is 1.33 bits per heavy atom. The van der Waals surface area contributed by atoms with Crippen LogP contribution in [0.2, 0.25) is 0 Å². The van der Waals surface area contributed by atoms with Crippen molar-refractivity contribution < 1.29 is 4.42 Å². The van der Waals surface area contributed by atoms with E-state index in [4.69, 9.17) is 24.4 Å². The van der Waals surface area contributed by atoms with Crippen molar-refractivity contribution in [3.8, 4) is 33.8 Å². The van der Waals surface area contributed by atoms with Gasteiger partial charge in [0.15, 0.2) is 11.4 Å². The van der Waals surface area contributed by atoms with Gasteiger partial charge >= 0.3 is 0 Å². The summed E-state index contributed by atoms with van der Waals surface area (Å²) >= 11 is 0. The maximum Gasteiger partial charge on any atom is 0.180 e. The lowest BCUT2D eigenvalue weighted by atomic mass is 9.95. The van der Waals surface area contributed by atoms with Gasteiger partial charge in [0.05, 0.1) is 11.0 Å². The minimum atomic E-state index is 0.281. The van der Waals surface area contributed by atoms with E-state index < -0.39 is 0 Å². The summed E-state index contributed by atoms with van der Waals surface area (Å²) in [5, 5.41) is 3.17. The van der Waals surface area contributed by atoms with Crippen LogP contribution in [-0.4, -0.2) is 19.9 Å². The van der Waals surface area contributed by atoms with Gasteiger partial charge in [-0.3, -0.25) is 9.97 Å². The normalized spacial score (nSPS) is 11.8. The molecule has 0 aliphatic carbocycles. The van der Waals surface area contributed by atoms with Crippen molar-refractivity contribution in [1.82, 2.24) is 19.9 Å². The Kier molecular flexibility index (Phi) is 5.79. The van der Waals surface area contributed by atoms with E-state index in [9.17, 15) is 0 Å². The van der Waals surface area contributed by atoms with Gasteiger partial charge in [0.25, 0.3) is 0 Å². The second kappa shape index (κ2) is 9.85. The molecular weight excluding hydrogens is 528 g/mol. The highest BCUT2D eigenvalue weighted by atomic mass is 16.3. The highest BCUT2D eigenvalue weighted by molar-refractivity contribution is 6.09. The smallest absolute Gasteiger partial charge is 0.180 e. The van der Waals surface area contributed by atoms with E-state index in [2.05, 4.69) is 86.6 Å². The molecule has 4 heterocycles. The lowest BCUT2D eigenvalue weighted by Gasteiger charge is -2.14. The number of fused-ring (bicyclic) bond motifs is 6. The number of nitrogens with zero attached hydrogens (tertiary/aromatic N) is 4. The molecule has 8 rings (SSSR count). The van der Waals surface area contributed by atoms with Crippen molar-refractivity contribution in [3.63, 3.8) is 0 Å². The third-order valence-corrected chi connectivity index (χ3v) is 8.11. The van der Waals surface area contributed by atoms with Crippen LogP contribution in [0.25, 0.3) is 77.6 Å². The number of aromatic nitrogens is 4. The van der Waals surface area contributed by atoms with E-state index in [1.165, 1.54) is 0 Å². The Morgan fingerprint density at radius 3 is 2.14 bits per heavy atom. The van der Waals surface area contributed by atoms with Crippen LogP contribution in [-0.2, 0) is 0 Å². The van der Waals surface area contributed by atoms with Gasteiger partial charge in [0.1, 0.15) is 16.8 Å². The van der Waals surface area contributed by atoms with Crippen LogP contribution >= 0.6 is 0 Å². The average Bonchev–Trinajstić information content (AvgIpc) is 3.43. The molecular formula is C38H28N4O. The lowest BCUT2D eigenvalue weighted by Crippen LogP contribution is -1.97. The van der Waals surface area contributed by atoms with Crippen LogP contribution in [0.1, 0.15) is 31.2 Å². The zero-order valence-corrected chi connectivity index (χ0v) is 24.2. The Balaban J connectivity index is 1.30. The first-order valence-corrected chi connectivity index (χ1v) is 14.6. The standard InChI is InChI=1S/C38H28N4O/c1-22(2)31-21-30(28-20-19-26-14-13-23(3)39-33(26)35(28)40-31)24-15-17-27(18-16-24)38-41-34(25-9-5-4-6-10-25)37-36(42-38)29-11-7-8-12-32(29)43-37/h4-22H,1-3H3. The fourth-order valence-electron chi connectivity index (χ4n) is 5.83. The molecule has 4 aromatic carbocycles. The van der Waals surface area contributed by atoms with Crippen molar-refractivity contribution in [3.05, 3.63) is 121 Å². The maximum absolute atomic E-state index is 6.28. The van der Waals surface area contributed by atoms with Crippen LogP contribution < -0.4 is 0 Å². The van der Waals surface area contributed by atoms with E-state index >= 15 is 0 Å². The topological polar surface area (TPSA) is 64.7 Å². The Labute approximate surface area is 248 Å². The first kappa shape index (κ1) is 25.3. The molecule has 5 heteroatoms. The average molecular weight is 557 g/mol. The minimum absolute atomic E-state index is 0.281. The largest absolute Gasteiger partial charge is 0.452 e. The third kappa shape index (κ3) is 4.24. The predicted molar refractivity (Wildman–Crippen MR) is 175 cm³/mol. The van der Waals surface area contributed by atoms with Gasteiger partial charge < -0.3 is 4.42 Å². The van der Waals surface area contributed by atoms with Crippen LogP contribution in [0.15, 0.2) is 114 Å². The molecule has 4 aromatic heterocycles. The minimum Gasteiger partial charge on any atom is -0.452 e. The van der Waals surface area contributed by atoms with Gasteiger partial charge in [0.2, 0.25) is 0 Å². The molecule has 206 valence electrons. The Morgan fingerprint density at radius 1 is 0.581 bits per heavy atom. The highest BCUT2D eigenvalue weighted by Crippen LogP contribution is 2.37. The third-order valence-electron chi connectivity index (χ3n) is 8.11. The van der Waals surface area contributed by atoms with Crippen LogP contribution in [0, 0.1) is 6.92 Å². The molecule has 0 N–H and O–H groups in total. The highest BCUT2D eigenvalue weighted by Gasteiger charge is 2.19. The second-order valence-corrected chi connectivity index (χ2v) is 11.4. The number of hydrogen-bond donors (Lipinski definition) is 0. The molecule has 0 aliphatic heterocycles. The SMILES string of the molecule is Cc1ccc2ccc3c(-c4ccc(-c5nc(-c6ccccc6)c6oc7ccccc7c6n5)cc4)cc(C(C)C)nc3c2n1. The van der Waals surface area contributed by atoms with Gasteiger partial charge in [-0.05, 0) is 48.2 Å². The van der Waals surface area contributed by atoms with Gasteiger partial charge in [-0.25, -0.2) is 9.97 Å². The van der Waals surface area contributed by atoms with Crippen LogP contribution in [0.3, 0.4) is 0 Å². The first-order valence-electron chi connectivity index (χ1n) is 14.6. The molecule has 0 bridgehead atoms. The lowest BCUT2D eigenvalue weighted by molar-refractivity contribution is 0.667. The van der Waals surface area contributed by atoms with E-state index in [0.29, 0.717) is 11.4 Å². The summed E-state index contributed by atoms with van der Waals surface area (Å²) in [5.74, 6) is 0.946. The van der Waals surface area contributed by atoms with Crippen molar-refractivity contribution >= 4 is 43.9 Å². The summed E-state index contributed by atoms with van der Waals surface area (Å²) in [7, 11) is 0. The number of para-hydroxylation sites is 1. The zero-order valence-electron chi connectivity index (χ0n) is 24.2. The van der Waals surface area contributed by atoms with Crippen molar-refractivity contribution in [2.24, 2.45) is 0 Å². The molecule has 0 radical (unpaired) electrons. The molecule has 0 spiro atoms. The van der Waals surface area contributed by atoms with Crippen LogP contribution in [0.4, 0.5) is 0 Å². The number of hydrogen-bond acceptors (Lipinski definition) is 5. The van der Waals surface area contributed by atoms with Gasteiger partial charge in [-0.15, -0.1) is 0 Å².